The first-order valence-electron chi connectivity index (χ1n) is 9.87. The van der Waals surface area contributed by atoms with E-state index in [-0.39, 0.29) is 6.04 Å². The Morgan fingerprint density at radius 2 is 1.65 bits per heavy atom. The van der Waals surface area contributed by atoms with Crippen molar-refractivity contribution in [2.75, 3.05) is 41.3 Å². The van der Waals surface area contributed by atoms with E-state index in [0.29, 0.717) is 22.9 Å². The quantitative estimate of drug-likeness (QED) is 0.782. The monoisotopic (exact) mass is 376 g/mol. The second-order valence-electron chi connectivity index (χ2n) is 8.21. The van der Waals surface area contributed by atoms with Gasteiger partial charge in [0.15, 0.2) is 5.11 Å². The summed E-state index contributed by atoms with van der Waals surface area (Å²) in [7, 11) is 0. The van der Waals surface area contributed by atoms with Crippen LogP contribution in [0.1, 0.15) is 47.0 Å². The number of hydrogen-bond donors (Lipinski definition) is 2. The maximum absolute atomic E-state index is 5.40. The molecule has 0 amide bonds. The smallest absolute Gasteiger partial charge is 0.232 e. The molecule has 2 saturated heterocycles. The molecule has 3 rings (SSSR count). The van der Waals surface area contributed by atoms with Crippen LogP contribution in [0.15, 0.2) is 6.07 Å². The van der Waals surface area contributed by atoms with Crippen LogP contribution in [0.3, 0.4) is 0 Å². The molecule has 2 aliphatic rings. The lowest BCUT2D eigenvalue weighted by atomic mass is 9.92. The predicted octanol–water partition coefficient (Wildman–Crippen LogP) is 3.25. The summed E-state index contributed by atoms with van der Waals surface area (Å²) in [5, 5.41) is 6.96. The van der Waals surface area contributed by atoms with Gasteiger partial charge in [-0.3, -0.25) is 0 Å². The normalized spacial score (nSPS) is 23.4. The lowest BCUT2D eigenvalue weighted by molar-refractivity contribution is 0.355. The van der Waals surface area contributed by atoms with Crippen molar-refractivity contribution in [2.24, 2.45) is 11.8 Å². The number of anilines is 3. The second kappa shape index (κ2) is 8.37. The summed E-state index contributed by atoms with van der Waals surface area (Å²) in [6, 6.07) is 2.43. The zero-order chi connectivity index (χ0) is 18.7. The van der Waals surface area contributed by atoms with Gasteiger partial charge in [0.05, 0.1) is 0 Å². The average molecular weight is 377 g/mol. The summed E-state index contributed by atoms with van der Waals surface area (Å²) in [6.45, 7) is 13.0. The first-order chi connectivity index (χ1) is 12.4. The summed E-state index contributed by atoms with van der Waals surface area (Å²) in [6.07, 6.45) is 3.74. The lowest BCUT2D eigenvalue weighted by Gasteiger charge is -2.36. The van der Waals surface area contributed by atoms with Gasteiger partial charge in [-0.15, -0.1) is 0 Å². The molecule has 0 spiro atoms. The third kappa shape index (κ3) is 4.96. The number of rotatable bonds is 4. The van der Waals surface area contributed by atoms with Crippen molar-refractivity contribution in [3.63, 3.8) is 0 Å². The predicted molar refractivity (Wildman–Crippen MR) is 113 cm³/mol. The molecule has 26 heavy (non-hydrogen) atoms. The van der Waals surface area contributed by atoms with Crippen LogP contribution in [0, 0.1) is 11.8 Å². The van der Waals surface area contributed by atoms with E-state index in [2.05, 4.69) is 54.2 Å². The minimum Gasteiger partial charge on any atom is -0.360 e. The van der Waals surface area contributed by atoms with E-state index in [1.807, 2.05) is 0 Å². The average Bonchev–Trinajstić information content (AvgIpc) is 3.07. The van der Waals surface area contributed by atoms with Crippen LogP contribution < -0.4 is 20.4 Å². The summed E-state index contributed by atoms with van der Waals surface area (Å²) in [5.41, 5.74) is 0. The third-order valence-electron chi connectivity index (χ3n) is 4.97. The van der Waals surface area contributed by atoms with Crippen molar-refractivity contribution in [1.29, 1.82) is 0 Å². The van der Waals surface area contributed by atoms with E-state index in [0.717, 1.165) is 37.8 Å². The van der Waals surface area contributed by atoms with Gasteiger partial charge < -0.3 is 20.4 Å². The van der Waals surface area contributed by atoms with Crippen molar-refractivity contribution in [3.8, 4) is 0 Å². The molecule has 7 heteroatoms. The number of thiocarbonyl (C=S) groups is 1. The van der Waals surface area contributed by atoms with E-state index < -0.39 is 0 Å². The van der Waals surface area contributed by atoms with Crippen LogP contribution in [0.4, 0.5) is 17.6 Å². The molecule has 6 nitrogen and oxygen atoms in total. The zero-order valence-corrected chi connectivity index (χ0v) is 17.3. The van der Waals surface area contributed by atoms with Gasteiger partial charge in [0.1, 0.15) is 11.6 Å². The van der Waals surface area contributed by atoms with Crippen LogP contribution in [-0.4, -0.2) is 47.3 Å². The van der Waals surface area contributed by atoms with Crippen LogP contribution in [-0.2, 0) is 0 Å². The van der Waals surface area contributed by atoms with Crippen LogP contribution in [0.2, 0.25) is 0 Å². The fourth-order valence-electron chi connectivity index (χ4n) is 4.00. The molecule has 0 radical (unpaired) electrons. The van der Waals surface area contributed by atoms with Gasteiger partial charge in [-0.25, -0.2) is 0 Å². The van der Waals surface area contributed by atoms with Crippen molar-refractivity contribution in [3.05, 3.63) is 6.07 Å². The highest BCUT2D eigenvalue weighted by Crippen LogP contribution is 2.29. The van der Waals surface area contributed by atoms with Gasteiger partial charge in [0.2, 0.25) is 5.95 Å². The van der Waals surface area contributed by atoms with E-state index in [1.165, 1.54) is 19.3 Å². The molecule has 0 bridgehead atoms. The van der Waals surface area contributed by atoms with Crippen LogP contribution in [0.25, 0.3) is 0 Å². The minimum absolute atomic E-state index is 0.278. The fraction of sp³-hybridized carbons (Fsp3) is 0.737. The number of piperidine rings is 1. The van der Waals surface area contributed by atoms with Gasteiger partial charge in [-0.1, -0.05) is 13.8 Å². The minimum atomic E-state index is 0.278. The summed E-state index contributed by atoms with van der Waals surface area (Å²) >= 11 is 5.40. The number of aromatic nitrogens is 2. The van der Waals surface area contributed by atoms with Crippen molar-refractivity contribution in [2.45, 2.75) is 53.0 Å². The van der Waals surface area contributed by atoms with Crippen molar-refractivity contribution >= 4 is 34.9 Å². The van der Waals surface area contributed by atoms with Gasteiger partial charge in [0.25, 0.3) is 0 Å². The molecule has 2 aliphatic heterocycles. The first-order valence-corrected chi connectivity index (χ1v) is 10.3. The second-order valence-corrected chi connectivity index (χ2v) is 8.61. The molecule has 0 saturated carbocycles. The van der Waals surface area contributed by atoms with E-state index in [9.17, 15) is 0 Å². The third-order valence-corrected chi connectivity index (χ3v) is 5.19. The largest absolute Gasteiger partial charge is 0.360 e. The highest BCUT2D eigenvalue weighted by atomic mass is 32.1. The van der Waals surface area contributed by atoms with E-state index in [1.54, 1.807) is 0 Å². The Balaban J connectivity index is 1.86. The van der Waals surface area contributed by atoms with E-state index in [4.69, 9.17) is 22.2 Å². The highest BCUT2D eigenvalue weighted by molar-refractivity contribution is 7.80. The Kier molecular flexibility index (Phi) is 6.16. The maximum Gasteiger partial charge on any atom is 0.232 e. The lowest BCUT2D eigenvalue weighted by Crippen LogP contribution is -2.39. The van der Waals surface area contributed by atoms with Crippen LogP contribution in [0.5, 0.6) is 0 Å². The molecular formula is C19H32N6S. The van der Waals surface area contributed by atoms with Crippen molar-refractivity contribution in [1.82, 2.24) is 15.3 Å². The molecule has 2 fully saturated rings. The summed E-state index contributed by atoms with van der Waals surface area (Å²) in [4.78, 5) is 14.3. The number of nitrogens with zero attached hydrogens (tertiary/aromatic N) is 4. The number of nitrogens with one attached hydrogen (secondary N) is 2. The standard InChI is InChI=1S/C19H32N6S/c1-13(2)20-19(26)23-18-21-16(24-7-5-6-8-24)10-17(22-18)25-11-14(3)9-15(4)12-25/h10,13-15H,5-9,11-12H2,1-4H3,(H2,20,21,22,23,26)/t14-,15-/m0/s1. The molecule has 0 unspecified atom stereocenters. The Bertz CT molecular complexity index is 618. The van der Waals surface area contributed by atoms with Gasteiger partial charge in [-0.2, -0.15) is 9.97 Å². The van der Waals surface area contributed by atoms with Crippen molar-refractivity contribution < 1.29 is 0 Å². The number of hydrogen-bond acceptors (Lipinski definition) is 5. The topological polar surface area (TPSA) is 56.3 Å². The summed E-state index contributed by atoms with van der Waals surface area (Å²) < 4.78 is 0. The zero-order valence-electron chi connectivity index (χ0n) is 16.5. The van der Waals surface area contributed by atoms with Crippen LogP contribution >= 0.6 is 12.2 Å². The summed E-state index contributed by atoms with van der Waals surface area (Å²) in [5.74, 6) is 3.98. The van der Waals surface area contributed by atoms with E-state index >= 15 is 0 Å². The molecule has 2 atom stereocenters. The van der Waals surface area contributed by atoms with Gasteiger partial charge in [0, 0.05) is 38.3 Å². The first kappa shape index (κ1) is 19.1. The Hall–Kier alpha value is -1.63. The Morgan fingerprint density at radius 3 is 2.23 bits per heavy atom. The van der Waals surface area contributed by atoms with Gasteiger partial charge in [-0.05, 0) is 57.2 Å². The molecule has 0 aromatic carbocycles. The maximum atomic E-state index is 5.40. The molecule has 0 aliphatic carbocycles. The molecule has 1 aromatic rings. The molecular weight excluding hydrogens is 344 g/mol. The Labute approximate surface area is 162 Å². The molecule has 3 heterocycles. The Morgan fingerprint density at radius 1 is 1.08 bits per heavy atom. The molecule has 144 valence electrons. The fourth-order valence-corrected chi connectivity index (χ4v) is 4.32. The molecule has 2 N–H and O–H groups in total. The molecule has 1 aromatic heterocycles. The van der Waals surface area contributed by atoms with Gasteiger partial charge >= 0.3 is 0 Å². The highest BCUT2D eigenvalue weighted by Gasteiger charge is 2.25. The SMILES string of the molecule is CC(C)NC(=S)Nc1nc(N2CCCC2)cc(N2C[C@@H](C)C[C@H](C)C2)n1.